The Hall–Kier alpha value is -1.78. The molecule has 0 atom stereocenters. The van der Waals surface area contributed by atoms with Gasteiger partial charge in [0, 0.05) is 0 Å². The van der Waals surface area contributed by atoms with Gasteiger partial charge in [0.1, 0.15) is 5.76 Å². The van der Waals surface area contributed by atoms with Crippen LogP contribution in [0.5, 0.6) is 0 Å². The number of hydrogen-bond acceptors (Lipinski definition) is 4. The molecule has 0 radical (unpaired) electrons. The molecule has 1 heterocycles. The fourth-order valence-corrected chi connectivity index (χ4v) is 0.732. The first-order valence-corrected chi connectivity index (χ1v) is 3.20. The zero-order chi connectivity index (χ0) is 8.97. The summed E-state index contributed by atoms with van der Waals surface area (Å²) >= 11 is 0. The topological polar surface area (TPSA) is 83.0 Å². The molecule has 0 saturated carbocycles. The Morgan fingerprint density at radius 3 is 2.83 bits per heavy atom. The van der Waals surface area contributed by atoms with E-state index in [9.17, 15) is 4.79 Å². The van der Waals surface area contributed by atoms with Gasteiger partial charge in [0.05, 0.1) is 12.7 Å². The van der Waals surface area contributed by atoms with Crippen molar-refractivity contribution >= 4 is 11.7 Å². The highest BCUT2D eigenvalue weighted by Gasteiger charge is 2.11. The van der Waals surface area contributed by atoms with E-state index in [-0.39, 0.29) is 12.1 Å². The van der Waals surface area contributed by atoms with Crippen LogP contribution in [0.25, 0.3) is 0 Å². The van der Waals surface area contributed by atoms with Gasteiger partial charge in [-0.15, -0.1) is 0 Å². The maximum Gasteiger partial charge on any atom is 0.354 e. The first-order chi connectivity index (χ1) is 5.74. The van der Waals surface area contributed by atoms with Gasteiger partial charge in [-0.25, -0.2) is 4.79 Å². The van der Waals surface area contributed by atoms with E-state index in [4.69, 9.17) is 14.7 Å². The Morgan fingerprint density at radius 2 is 2.42 bits per heavy atom. The third-order valence-corrected chi connectivity index (χ3v) is 1.29. The number of oxime groups is 1. The summed E-state index contributed by atoms with van der Waals surface area (Å²) in [6.07, 6.45) is 1.41. The molecule has 0 aliphatic rings. The average Bonchev–Trinajstić information content (AvgIpc) is 2.51. The number of furan rings is 1. The summed E-state index contributed by atoms with van der Waals surface area (Å²) in [5.74, 6) is -0.806. The van der Waals surface area contributed by atoms with E-state index in [2.05, 4.69) is 5.16 Å². The van der Waals surface area contributed by atoms with Crippen LogP contribution in [0, 0.1) is 0 Å². The Morgan fingerprint density at radius 1 is 1.67 bits per heavy atom. The van der Waals surface area contributed by atoms with Crippen molar-refractivity contribution in [2.45, 2.75) is 6.42 Å². The number of carboxylic acid groups (broad SMARTS) is 1. The van der Waals surface area contributed by atoms with Crippen molar-refractivity contribution in [3.63, 3.8) is 0 Å². The van der Waals surface area contributed by atoms with Crippen molar-refractivity contribution in [3.8, 4) is 0 Å². The number of nitrogens with zero attached hydrogens (tertiary/aromatic N) is 1. The zero-order valence-corrected chi connectivity index (χ0v) is 6.10. The molecule has 0 spiro atoms. The molecule has 0 aliphatic carbocycles. The van der Waals surface area contributed by atoms with Crippen LogP contribution in [0.3, 0.4) is 0 Å². The quantitative estimate of drug-likeness (QED) is 0.397. The lowest BCUT2D eigenvalue weighted by Crippen LogP contribution is -2.15. The minimum absolute atomic E-state index is 0.0150. The van der Waals surface area contributed by atoms with E-state index in [1.165, 1.54) is 6.26 Å². The standard InChI is InChI=1S/C7H7NO4/c9-7(10)6(8-11)4-5-2-1-3-12-5/h1-3,11H,4H2,(H,9,10). The van der Waals surface area contributed by atoms with Gasteiger partial charge in [-0.1, -0.05) is 5.16 Å². The first-order valence-electron chi connectivity index (χ1n) is 3.20. The second-order valence-electron chi connectivity index (χ2n) is 2.11. The molecule has 1 aromatic heterocycles. The van der Waals surface area contributed by atoms with Crippen LogP contribution in [0.15, 0.2) is 28.0 Å². The van der Waals surface area contributed by atoms with Crippen LogP contribution in [-0.2, 0) is 11.2 Å². The number of aliphatic carboxylic acids is 1. The number of hydrogen-bond donors (Lipinski definition) is 2. The van der Waals surface area contributed by atoms with E-state index in [1.807, 2.05) is 0 Å². The Balaban J connectivity index is 2.68. The molecule has 0 amide bonds. The second kappa shape index (κ2) is 3.56. The van der Waals surface area contributed by atoms with Gasteiger partial charge in [-0.3, -0.25) is 0 Å². The molecule has 2 N–H and O–H groups in total. The average molecular weight is 169 g/mol. The summed E-state index contributed by atoms with van der Waals surface area (Å²) in [7, 11) is 0. The lowest BCUT2D eigenvalue weighted by molar-refractivity contribution is -0.129. The predicted octanol–water partition coefficient (Wildman–Crippen LogP) is 0.737. The minimum atomic E-state index is -1.26. The lowest BCUT2D eigenvalue weighted by atomic mass is 10.2. The van der Waals surface area contributed by atoms with Gasteiger partial charge in [0.2, 0.25) is 0 Å². The van der Waals surface area contributed by atoms with Crippen LogP contribution in [0.2, 0.25) is 0 Å². The largest absolute Gasteiger partial charge is 0.477 e. The molecular formula is C7H7NO4. The summed E-state index contributed by atoms with van der Waals surface area (Å²) in [5, 5.41) is 19.3. The van der Waals surface area contributed by atoms with Crippen LogP contribution in [-0.4, -0.2) is 22.0 Å². The monoisotopic (exact) mass is 169 g/mol. The van der Waals surface area contributed by atoms with Gasteiger partial charge in [-0.2, -0.15) is 0 Å². The van der Waals surface area contributed by atoms with Crippen molar-refractivity contribution in [1.82, 2.24) is 0 Å². The van der Waals surface area contributed by atoms with Crippen molar-refractivity contribution in [2.24, 2.45) is 5.16 Å². The summed E-state index contributed by atoms with van der Waals surface area (Å²) in [6.45, 7) is 0. The first kappa shape index (κ1) is 8.32. The zero-order valence-electron chi connectivity index (χ0n) is 6.10. The van der Waals surface area contributed by atoms with E-state index >= 15 is 0 Å². The molecule has 0 aromatic carbocycles. The van der Waals surface area contributed by atoms with Gasteiger partial charge < -0.3 is 14.7 Å². The van der Waals surface area contributed by atoms with Gasteiger partial charge in [-0.05, 0) is 12.1 Å². The molecular weight excluding hydrogens is 162 g/mol. The van der Waals surface area contributed by atoms with Crippen LogP contribution >= 0.6 is 0 Å². The molecule has 0 fully saturated rings. The molecule has 1 aromatic rings. The van der Waals surface area contributed by atoms with Crippen molar-refractivity contribution in [3.05, 3.63) is 24.2 Å². The maximum atomic E-state index is 10.3. The highest BCUT2D eigenvalue weighted by Crippen LogP contribution is 2.02. The Labute approximate surface area is 67.9 Å². The fraction of sp³-hybridized carbons (Fsp3) is 0.143. The predicted molar refractivity (Wildman–Crippen MR) is 39.3 cm³/mol. The molecule has 12 heavy (non-hydrogen) atoms. The Kier molecular flexibility index (Phi) is 2.47. The molecule has 64 valence electrons. The van der Waals surface area contributed by atoms with E-state index in [0.29, 0.717) is 5.76 Å². The number of carboxylic acids is 1. The molecule has 0 saturated heterocycles. The summed E-state index contributed by atoms with van der Waals surface area (Å²) in [4.78, 5) is 10.3. The van der Waals surface area contributed by atoms with Crippen molar-refractivity contribution < 1.29 is 19.5 Å². The van der Waals surface area contributed by atoms with Gasteiger partial charge in [0.25, 0.3) is 0 Å². The third kappa shape index (κ3) is 1.85. The molecule has 0 unspecified atom stereocenters. The second-order valence-corrected chi connectivity index (χ2v) is 2.11. The SMILES string of the molecule is O=C(O)C(Cc1ccco1)=NO. The van der Waals surface area contributed by atoms with Crippen LogP contribution in [0.1, 0.15) is 5.76 Å². The maximum absolute atomic E-state index is 10.3. The van der Waals surface area contributed by atoms with Crippen molar-refractivity contribution in [1.29, 1.82) is 0 Å². The lowest BCUT2D eigenvalue weighted by Gasteiger charge is -1.93. The molecule has 5 heteroatoms. The van der Waals surface area contributed by atoms with E-state index < -0.39 is 5.97 Å². The third-order valence-electron chi connectivity index (χ3n) is 1.29. The number of rotatable bonds is 3. The molecule has 5 nitrogen and oxygen atoms in total. The minimum Gasteiger partial charge on any atom is -0.477 e. The van der Waals surface area contributed by atoms with E-state index in [1.54, 1.807) is 12.1 Å². The van der Waals surface area contributed by atoms with Crippen molar-refractivity contribution in [2.75, 3.05) is 0 Å². The van der Waals surface area contributed by atoms with Crippen LogP contribution < -0.4 is 0 Å². The van der Waals surface area contributed by atoms with E-state index in [0.717, 1.165) is 0 Å². The summed E-state index contributed by atoms with van der Waals surface area (Å²) in [6, 6.07) is 3.24. The molecule has 0 bridgehead atoms. The van der Waals surface area contributed by atoms with Gasteiger partial charge in [0.15, 0.2) is 5.71 Å². The summed E-state index contributed by atoms with van der Waals surface area (Å²) in [5.41, 5.74) is -0.343. The van der Waals surface area contributed by atoms with Gasteiger partial charge >= 0.3 is 5.97 Å². The van der Waals surface area contributed by atoms with Crippen LogP contribution in [0.4, 0.5) is 0 Å². The highest BCUT2D eigenvalue weighted by atomic mass is 16.4. The smallest absolute Gasteiger partial charge is 0.354 e. The summed E-state index contributed by atoms with van der Waals surface area (Å²) < 4.78 is 4.86. The molecule has 0 aliphatic heterocycles. The number of carbonyl (C=O) groups is 1. The fourth-order valence-electron chi connectivity index (χ4n) is 0.732. The normalized spacial score (nSPS) is 11.5. The highest BCUT2D eigenvalue weighted by molar-refractivity contribution is 6.35. The Bertz CT molecular complexity index is 288. The molecule has 1 rings (SSSR count).